The lowest BCUT2D eigenvalue weighted by atomic mass is 10.1. The molecule has 0 amide bonds. The van der Waals surface area contributed by atoms with Gasteiger partial charge < -0.3 is 9.64 Å². The molecule has 1 saturated heterocycles. The number of nitro groups is 1. The molecule has 2 unspecified atom stereocenters. The topological polar surface area (TPSA) is 89.8 Å². The van der Waals surface area contributed by atoms with Gasteiger partial charge in [-0.2, -0.15) is 0 Å². The Morgan fingerprint density at radius 2 is 2.09 bits per heavy atom. The number of hydrogen-bond donors (Lipinski definition) is 0. The molecule has 22 heavy (non-hydrogen) atoms. The minimum absolute atomic E-state index is 0.0237. The third kappa shape index (κ3) is 3.56. The van der Waals surface area contributed by atoms with E-state index in [9.17, 15) is 18.5 Å². The van der Waals surface area contributed by atoms with E-state index in [0.29, 0.717) is 18.8 Å². The standard InChI is InChI=1S/C14H20N2O5S/c1-4-12-9-15(8-10(2)21-12)11-5-6-13(16(17)18)14(7-11)22(3,19)20/h5-7,10,12H,4,8-9H2,1-3H3. The molecular weight excluding hydrogens is 308 g/mol. The van der Waals surface area contributed by atoms with Gasteiger partial charge in [0, 0.05) is 31.1 Å². The van der Waals surface area contributed by atoms with Gasteiger partial charge in [-0.1, -0.05) is 6.92 Å². The highest BCUT2D eigenvalue weighted by atomic mass is 32.2. The van der Waals surface area contributed by atoms with Crippen molar-refractivity contribution in [1.29, 1.82) is 0 Å². The van der Waals surface area contributed by atoms with E-state index in [0.717, 1.165) is 12.7 Å². The average molecular weight is 328 g/mol. The van der Waals surface area contributed by atoms with E-state index in [-0.39, 0.29) is 22.8 Å². The molecule has 0 aromatic heterocycles. The zero-order valence-corrected chi connectivity index (χ0v) is 13.7. The Morgan fingerprint density at radius 1 is 1.41 bits per heavy atom. The summed E-state index contributed by atoms with van der Waals surface area (Å²) < 4.78 is 29.4. The second kappa shape index (κ2) is 6.21. The van der Waals surface area contributed by atoms with E-state index in [4.69, 9.17) is 4.74 Å². The van der Waals surface area contributed by atoms with Gasteiger partial charge in [0.1, 0.15) is 4.90 Å². The van der Waals surface area contributed by atoms with Gasteiger partial charge in [0.05, 0.1) is 17.1 Å². The van der Waals surface area contributed by atoms with Gasteiger partial charge in [0.2, 0.25) is 0 Å². The van der Waals surface area contributed by atoms with Crippen LogP contribution in [0.3, 0.4) is 0 Å². The summed E-state index contributed by atoms with van der Waals surface area (Å²) in [5.41, 5.74) is 0.277. The maximum Gasteiger partial charge on any atom is 0.288 e. The number of rotatable bonds is 4. The predicted molar refractivity (Wildman–Crippen MR) is 83.0 cm³/mol. The molecule has 1 aliphatic rings. The number of anilines is 1. The predicted octanol–water partition coefficient (Wildman–Crippen LogP) is 2.00. The van der Waals surface area contributed by atoms with Crippen molar-refractivity contribution in [3.63, 3.8) is 0 Å². The molecule has 0 aliphatic carbocycles. The first-order chi connectivity index (χ1) is 10.2. The Hall–Kier alpha value is -1.67. The van der Waals surface area contributed by atoms with E-state index in [1.807, 2.05) is 18.7 Å². The van der Waals surface area contributed by atoms with Crippen LogP contribution in [0.25, 0.3) is 0 Å². The molecule has 0 saturated carbocycles. The van der Waals surface area contributed by atoms with Gasteiger partial charge in [-0.25, -0.2) is 8.42 Å². The molecule has 1 aromatic rings. The highest BCUT2D eigenvalue weighted by molar-refractivity contribution is 7.90. The SMILES string of the molecule is CCC1CN(c2ccc([N+](=O)[O-])c(S(C)(=O)=O)c2)CC(C)O1. The third-order valence-electron chi connectivity index (χ3n) is 3.69. The van der Waals surface area contributed by atoms with Gasteiger partial charge in [0.25, 0.3) is 5.69 Å². The van der Waals surface area contributed by atoms with E-state index >= 15 is 0 Å². The minimum atomic E-state index is -3.67. The van der Waals surface area contributed by atoms with Crippen LogP contribution in [0.4, 0.5) is 11.4 Å². The van der Waals surface area contributed by atoms with Crippen molar-refractivity contribution in [2.24, 2.45) is 0 Å². The lowest BCUT2D eigenvalue weighted by molar-refractivity contribution is -0.387. The molecule has 8 heteroatoms. The van der Waals surface area contributed by atoms with Crippen molar-refractivity contribution in [3.8, 4) is 0 Å². The van der Waals surface area contributed by atoms with Crippen LogP contribution in [0.2, 0.25) is 0 Å². The number of benzene rings is 1. The van der Waals surface area contributed by atoms with Gasteiger partial charge >= 0.3 is 0 Å². The highest BCUT2D eigenvalue weighted by Gasteiger charge is 2.27. The lowest BCUT2D eigenvalue weighted by Crippen LogP contribution is -2.46. The van der Waals surface area contributed by atoms with Crippen molar-refractivity contribution in [1.82, 2.24) is 0 Å². The van der Waals surface area contributed by atoms with E-state index in [1.165, 1.54) is 12.1 Å². The highest BCUT2D eigenvalue weighted by Crippen LogP contribution is 2.30. The molecule has 0 N–H and O–H groups in total. The summed E-state index contributed by atoms with van der Waals surface area (Å²) in [6.45, 7) is 5.25. The summed E-state index contributed by atoms with van der Waals surface area (Å²) in [6.07, 6.45) is 1.93. The molecule has 0 spiro atoms. The quantitative estimate of drug-likeness (QED) is 0.620. The number of hydrogen-bond acceptors (Lipinski definition) is 6. The minimum Gasteiger partial charge on any atom is -0.372 e. The second-order valence-corrected chi connectivity index (χ2v) is 7.55. The molecule has 2 atom stereocenters. The summed E-state index contributed by atoms with van der Waals surface area (Å²) in [4.78, 5) is 12.1. The van der Waals surface area contributed by atoms with Crippen molar-refractivity contribution in [2.75, 3.05) is 24.2 Å². The van der Waals surface area contributed by atoms with E-state index in [1.54, 1.807) is 6.07 Å². The molecule has 7 nitrogen and oxygen atoms in total. The maximum absolute atomic E-state index is 11.8. The van der Waals surface area contributed by atoms with Crippen molar-refractivity contribution in [2.45, 2.75) is 37.4 Å². The lowest BCUT2D eigenvalue weighted by Gasteiger charge is -2.38. The van der Waals surface area contributed by atoms with Gasteiger partial charge in [-0.15, -0.1) is 0 Å². The van der Waals surface area contributed by atoms with Gasteiger partial charge in [-0.3, -0.25) is 10.1 Å². The molecule has 122 valence electrons. The molecule has 0 bridgehead atoms. The van der Waals surface area contributed by atoms with Crippen molar-refractivity contribution in [3.05, 3.63) is 28.3 Å². The number of nitro benzene ring substituents is 1. The molecular formula is C14H20N2O5S. The molecule has 2 rings (SSSR count). The molecule has 1 aromatic carbocycles. The van der Waals surface area contributed by atoms with Crippen LogP contribution in [0.5, 0.6) is 0 Å². The van der Waals surface area contributed by atoms with Gasteiger partial charge in [0.15, 0.2) is 9.84 Å². The first-order valence-electron chi connectivity index (χ1n) is 7.11. The Balaban J connectivity index is 2.42. The van der Waals surface area contributed by atoms with E-state index < -0.39 is 14.8 Å². The van der Waals surface area contributed by atoms with Crippen LogP contribution in [-0.4, -0.2) is 44.9 Å². The molecule has 1 fully saturated rings. The van der Waals surface area contributed by atoms with Crippen molar-refractivity contribution < 1.29 is 18.1 Å². The monoisotopic (exact) mass is 328 g/mol. The summed E-state index contributed by atoms with van der Waals surface area (Å²) >= 11 is 0. The Kier molecular flexibility index (Phi) is 4.72. The Bertz CT molecular complexity index is 674. The van der Waals surface area contributed by atoms with Crippen LogP contribution in [0, 0.1) is 10.1 Å². The fraction of sp³-hybridized carbons (Fsp3) is 0.571. The van der Waals surface area contributed by atoms with Gasteiger partial charge in [-0.05, 0) is 25.5 Å². The molecule has 0 radical (unpaired) electrons. The average Bonchev–Trinajstić information content (AvgIpc) is 2.44. The van der Waals surface area contributed by atoms with Crippen molar-refractivity contribution >= 4 is 21.2 Å². The fourth-order valence-corrected chi connectivity index (χ4v) is 3.49. The summed E-state index contributed by atoms with van der Waals surface area (Å²) in [7, 11) is -3.67. The van der Waals surface area contributed by atoms with Crippen LogP contribution in [0.15, 0.2) is 23.1 Å². The third-order valence-corrected chi connectivity index (χ3v) is 4.81. The van der Waals surface area contributed by atoms with Crippen LogP contribution in [-0.2, 0) is 14.6 Å². The second-order valence-electron chi connectivity index (χ2n) is 5.56. The number of sulfone groups is 1. The van der Waals surface area contributed by atoms with Crippen LogP contribution in [0.1, 0.15) is 20.3 Å². The first kappa shape index (κ1) is 16.7. The zero-order chi connectivity index (χ0) is 16.5. The fourth-order valence-electron chi connectivity index (χ4n) is 2.63. The summed E-state index contributed by atoms with van der Waals surface area (Å²) in [5.74, 6) is 0. The maximum atomic E-state index is 11.8. The zero-order valence-electron chi connectivity index (χ0n) is 12.9. The van der Waals surface area contributed by atoms with Crippen LogP contribution < -0.4 is 4.90 Å². The normalized spacial score (nSPS) is 22.6. The molecule has 1 heterocycles. The summed E-state index contributed by atoms with van der Waals surface area (Å²) in [5, 5.41) is 11.0. The molecule has 1 aliphatic heterocycles. The number of nitrogens with zero attached hydrogens (tertiary/aromatic N) is 2. The first-order valence-corrected chi connectivity index (χ1v) is 9.00. The smallest absolute Gasteiger partial charge is 0.288 e. The Labute approximate surface area is 129 Å². The summed E-state index contributed by atoms with van der Waals surface area (Å²) in [6, 6.07) is 4.24. The van der Waals surface area contributed by atoms with E-state index in [2.05, 4.69) is 0 Å². The van der Waals surface area contributed by atoms with Crippen LogP contribution >= 0.6 is 0 Å². The Morgan fingerprint density at radius 3 is 2.64 bits per heavy atom. The largest absolute Gasteiger partial charge is 0.372 e. The number of morpholine rings is 1. The number of ether oxygens (including phenoxy) is 1.